The molecule has 0 saturated carbocycles. The number of hydrogen-bond acceptors (Lipinski definition) is 6. The van der Waals surface area contributed by atoms with Gasteiger partial charge in [0.1, 0.15) is 18.0 Å². The van der Waals surface area contributed by atoms with Gasteiger partial charge in [0.25, 0.3) is 0 Å². The Morgan fingerprint density at radius 2 is 1.90 bits per heavy atom. The van der Waals surface area contributed by atoms with Crippen molar-refractivity contribution in [1.29, 1.82) is 0 Å². The van der Waals surface area contributed by atoms with Crippen LogP contribution in [0.5, 0.6) is 0 Å². The van der Waals surface area contributed by atoms with Gasteiger partial charge in [0.05, 0.1) is 22.6 Å². The summed E-state index contributed by atoms with van der Waals surface area (Å²) in [5.74, 6) is -0.186. The monoisotopic (exact) mass is 554 g/mol. The molecule has 3 aromatic heterocycles. The smallest absolute Gasteiger partial charge is 0.355 e. The highest BCUT2D eigenvalue weighted by Gasteiger charge is 2.30. The van der Waals surface area contributed by atoms with Crippen LogP contribution in [0.15, 0.2) is 60.4 Å². The summed E-state index contributed by atoms with van der Waals surface area (Å²) in [6.45, 7) is 1.19. The van der Waals surface area contributed by atoms with Gasteiger partial charge in [-0.05, 0) is 54.6 Å². The molecule has 1 amide bonds. The molecular weight excluding hydrogens is 532 g/mol. The molecule has 2 aromatic carbocycles. The summed E-state index contributed by atoms with van der Waals surface area (Å²) >= 11 is 1.47. The summed E-state index contributed by atoms with van der Waals surface area (Å²) in [4.78, 5) is 23.7. The number of fused-ring (bicyclic) bond motifs is 2. The second kappa shape index (κ2) is 9.92. The minimum Gasteiger partial charge on any atom is -0.355 e. The van der Waals surface area contributed by atoms with E-state index in [0.29, 0.717) is 53.0 Å². The summed E-state index contributed by atoms with van der Waals surface area (Å²) in [5.41, 5.74) is 0.549. The maximum Gasteiger partial charge on any atom is 0.416 e. The van der Waals surface area contributed by atoms with E-state index in [1.54, 1.807) is 18.3 Å². The molecule has 0 unspecified atom stereocenters. The quantitative estimate of drug-likeness (QED) is 0.281. The number of hydrogen-bond donors (Lipinski definition) is 1. The van der Waals surface area contributed by atoms with Gasteiger partial charge >= 0.3 is 6.18 Å². The Bertz CT molecular complexity index is 1660. The van der Waals surface area contributed by atoms with Crippen LogP contribution in [0.2, 0.25) is 0 Å². The van der Waals surface area contributed by atoms with Crippen LogP contribution in [0.3, 0.4) is 0 Å². The van der Waals surface area contributed by atoms with E-state index in [4.69, 9.17) is 0 Å². The first kappa shape index (κ1) is 25.2. The topological polar surface area (TPSA) is 75.9 Å². The zero-order chi connectivity index (χ0) is 27.1. The van der Waals surface area contributed by atoms with Crippen molar-refractivity contribution < 1.29 is 22.4 Å². The van der Waals surface area contributed by atoms with E-state index < -0.39 is 11.7 Å². The lowest BCUT2D eigenvalue weighted by atomic mass is 9.97. The highest BCUT2D eigenvalue weighted by atomic mass is 32.1. The molecule has 0 aliphatic carbocycles. The number of halogens is 4. The van der Waals surface area contributed by atoms with Crippen LogP contribution in [-0.2, 0) is 17.5 Å². The second-order valence-corrected chi connectivity index (χ2v) is 10.4. The summed E-state index contributed by atoms with van der Waals surface area (Å²) in [7, 11) is 0. The van der Waals surface area contributed by atoms with Gasteiger partial charge in [0.2, 0.25) is 5.91 Å². The van der Waals surface area contributed by atoms with Crippen molar-refractivity contribution in [1.82, 2.24) is 25.1 Å². The van der Waals surface area contributed by atoms with Gasteiger partial charge in [0, 0.05) is 41.5 Å². The van der Waals surface area contributed by atoms with Crippen molar-refractivity contribution in [3.05, 3.63) is 77.3 Å². The highest BCUT2D eigenvalue weighted by molar-refractivity contribution is 7.17. The zero-order valence-electron chi connectivity index (χ0n) is 20.5. The van der Waals surface area contributed by atoms with E-state index in [1.807, 2.05) is 16.3 Å². The van der Waals surface area contributed by atoms with Crippen molar-refractivity contribution in [2.24, 2.45) is 5.92 Å². The van der Waals surface area contributed by atoms with Gasteiger partial charge in [-0.1, -0.05) is 6.07 Å². The molecule has 0 radical (unpaired) electrons. The van der Waals surface area contributed by atoms with Gasteiger partial charge in [-0.3, -0.25) is 4.79 Å². The maximum atomic E-state index is 14.8. The Kier molecular flexibility index (Phi) is 6.42. The van der Waals surface area contributed by atoms with Crippen LogP contribution in [0.25, 0.3) is 26.8 Å². The van der Waals surface area contributed by atoms with Crippen molar-refractivity contribution in [2.75, 3.05) is 18.0 Å². The highest BCUT2D eigenvalue weighted by Crippen LogP contribution is 2.31. The van der Waals surface area contributed by atoms with Gasteiger partial charge in [0.15, 0.2) is 5.65 Å². The lowest BCUT2D eigenvalue weighted by Crippen LogP contribution is -2.43. The summed E-state index contributed by atoms with van der Waals surface area (Å²) in [5, 5.41) is 10.3. The van der Waals surface area contributed by atoms with Crippen LogP contribution >= 0.6 is 11.3 Å². The Balaban J connectivity index is 1.18. The number of anilines is 1. The van der Waals surface area contributed by atoms with Crippen molar-refractivity contribution in [3.8, 4) is 5.69 Å². The standard InChI is InChI=1S/C27H22F4N6OS/c28-23-16(3-8-22-20(23)9-11-39-22)12-32-26(38)17-2-1-10-36(13-17)25-21-14-37(35-24(21)33-15-34-25)19-6-4-18(5-7-19)27(29,30)31/h3-9,11,14-15,17H,1-2,10,12-13H2,(H,32,38)/t17-/m0/s1. The number of amides is 1. The van der Waals surface area contributed by atoms with Gasteiger partial charge in [-0.25, -0.2) is 19.0 Å². The number of aromatic nitrogens is 4. The molecule has 1 aliphatic heterocycles. The van der Waals surface area contributed by atoms with Crippen LogP contribution in [0, 0.1) is 11.7 Å². The number of nitrogens with zero attached hydrogens (tertiary/aromatic N) is 5. The Morgan fingerprint density at radius 3 is 2.69 bits per heavy atom. The van der Waals surface area contributed by atoms with E-state index in [1.165, 1.54) is 34.5 Å². The van der Waals surface area contributed by atoms with E-state index in [0.717, 1.165) is 23.3 Å². The number of thiophene rings is 1. The first-order chi connectivity index (χ1) is 18.8. The average molecular weight is 555 g/mol. The molecule has 1 aliphatic rings. The van der Waals surface area contributed by atoms with Crippen LogP contribution < -0.4 is 10.2 Å². The predicted molar refractivity (Wildman–Crippen MR) is 140 cm³/mol. The molecule has 7 nitrogen and oxygen atoms in total. The summed E-state index contributed by atoms with van der Waals surface area (Å²) < 4.78 is 56.0. The maximum absolute atomic E-state index is 14.8. The third-order valence-electron chi connectivity index (χ3n) is 6.95. The summed E-state index contributed by atoms with van der Waals surface area (Å²) in [6, 6.07) is 10.0. The Labute approximate surface area is 224 Å². The Morgan fingerprint density at radius 1 is 1.08 bits per heavy atom. The fraction of sp³-hybridized carbons (Fsp3) is 0.259. The number of nitrogens with one attached hydrogen (secondary N) is 1. The van der Waals surface area contributed by atoms with Gasteiger partial charge in [-0.2, -0.15) is 13.2 Å². The van der Waals surface area contributed by atoms with E-state index in [2.05, 4.69) is 20.4 Å². The molecule has 0 spiro atoms. The SMILES string of the molecule is O=C(NCc1ccc2sccc2c1F)[C@H]1CCCN(c2ncnc3nn(-c4ccc(C(F)(F)F)cc4)cc23)C1. The fourth-order valence-corrected chi connectivity index (χ4v) is 5.70. The largest absolute Gasteiger partial charge is 0.416 e. The third kappa shape index (κ3) is 4.91. The third-order valence-corrected chi connectivity index (χ3v) is 7.83. The lowest BCUT2D eigenvalue weighted by molar-refractivity contribution is -0.137. The van der Waals surface area contributed by atoms with Crippen molar-refractivity contribution >= 4 is 44.2 Å². The van der Waals surface area contributed by atoms with Crippen molar-refractivity contribution in [2.45, 2.75) is 25.6 Å². The number of carbonyl (C=O) groups excluding carboxylic acids is 1. The molecule has 4 heterocycles. The number of rotatable bonds is 5. The molecule has 39 heavy (non-hydrogen) atoms. The second-order valence-electron chi connectivity index (χ2n) is 9.43. The molecule has 6 rings (SSSR count). The average Bonchev–Trinajstić information content (AvgIpc) is 3.60. The zero-order valence-corrected chi connectivity index (χ0v) is 21.3. The van der Waals surface area contributed by atoms with Crippen LogP contribution in [0.4, 0.5) is 23.4 Å². The first-order valence-electron chi connectivity index (χ1n) is 12.3. The molecule has 1 saturated heterocycles. The summed E-state index contributed by atoms with van der Waals surface area (Å²) in [6.07, 6.45) is 0.0866. The van der Waals surface area contributed by atoms with Crippen LogP contribution in [0.1, 0.15) is 24.0 Å². The number of alkyl halides is 3. The minimum absolute atomic E-state index is 0.102. The minimum atomic E-state index is -4.42. The lowest BCUT2D eigenvalue weighted by Gasteiger charge is -2.33. The molecular formula is C27H22F4N6OS. The number of benzene rings is 2. The number of piperidine rings is 1. The Hall–Kier alpha value is -4.06. The molecule has 1 fully saturated rings. The molecule has 0 bridgehead atoms. The molecule has 5 aromatic rings. The first-order valence-corrected chi connectivity index (χ1v) is 13.2. The number of carbonyl (C=O) groups is 1. The molecule has 1 N–H and O–H groups in total. The van der Waals surface area contributed by atoms with E-state index >= 15 is 0 Å². The van der Waals surface area contributed by atoms with Gasteiger partial charge < -0.3 is 10.2 Å². The normalized spacial score (nSPS) is 16.2. The van der Waals surface area contributed by atoms with Gasteiger partial charge in [-0.15, -0.1) is 16.4 Å². The molecule has 12 heteroatoms. The predicted octanol–water partition coefficient (Wildman–Crippen LogP) is 5.72. The van der Waals surface area contributed by atoms with Crippen LogP contribution in [-0.4, -0.2) is 38.7 Å². The molecule has 1 atom stereocenters. The molecule has 200 valence electrons. The fourth-order valence-electron chi connectivity index (χ4n) is 4.91. The van der Waals surface area contributed by atoms with Crippen molar-refractivity contribution in [3.63, 3.8) is 0 Å². The van der Waals surface area contributed by atoms with E-state index in [9.17, 15) is 22.4 Å². The van der Waals surface area contributed by atoms with E-state index in [-0.39, 0.29) is 24.2 Å².